The fraction of sp³-hybridized carbons (Fsp3) is 0.211. The van der Waals surface area contributed by atoms with Gasteiger partial charge in [-0.25, -0.2) is 4.98 Å². The summed E-state index contributed by atoms with van der Waals surface area (Å²) in [6.45, 7) is 6.67. The molecule has 0 unspecified atom stereocenters. The minimum absolute atomic E-state index is 0.170. The zero-order valence-electron chi connectivity index (χ0n) is 12.9. The summed E-state index contributed by atoms with van der Waals surface area (Å²) >= 11 is 7.88. The van der Waals surface area contributed by atoms with E-state index in [4.69, 9.17) is 16.6 Å². The van der Waals surface area contributed by atoms with Crippen molar-refractivity contribution in [2.24, 2.45) is 0 Å². The minimum atomic E-state index is 0.170. The van der Waals surface area contributed by atoms with Crippen molar-refractivity contribution in [3.05, 3.63) is 64.5 Å². The highest BCUT2D eigenvalue weighted by molar-refractivity contribution is 7.13. The maximum atomic E-state index is 6.25. The van der Waals surface area contributed by atoms with E-state index in [1.54, 1.807) is 11.3 Å². The molecule has 0 aliphatic carbocycles. The largest absolute Gasteiger partial charge is 0.236 e. The van der Waals surface area contributed by atoms with Crippen LogP contribution in [0.1, 0.15) is 26.3 Å². The third-order valence-electron chi connectivity index (χ3n) is 3.66. The van der Waals surface area contributed by atoms with Crippen LogP contribution in [0.4, 0.5) is 0 Å². The molecule has 3 aromatic rings. The summed E-state index contributed by atoms with van der Waals surface area (Å²) in [5.74, 6) is 0. The molecule has 112 valence electrons. The normalized spacial score (nSPS) is 11.6. The Morgan fingerprint density at radius 2 is 1.64 bits per heavy atom. The number of hydrogen-bond acceptors (Lipinski definition) is 2. The van der Waals surface area contributed by atoms with Gasteiger partial charge in [0.2, 0.25) is 0 Å². The van der Waals surface area contributed by atoms with E-state index >= 15 is 0 Å². The molecule has 0 amide bonds. The number of benzene rings is 2. The lowest BCUT2D eigenvalue weighted by Gasteiger charge is -2.18. The Labute approximate surface area is 140 Å². The van der Waals surface area contributed by atoms with Crippen molar-refractivity contribution in [3.8, 4) is 21.8 Å². The van der Waals surface area contributed by atoms with Crippen LogP contribution in [-0.4, -0.2) is 4.98 Å². The van der Waals surface area contributed by atoms with Gasteiger partial charge in [-0.05, 0) is 17.0 Å². The molecule has 0 N–H and O–H groups in total. The van der Waals surface area contributed by atoms with E-state index in [1.807, 2.05) is 24.3 Å². The molecule has 0 atom stereocenters. The van der Waals surface area contributed by atoms with Crippen LogP contribution in [0.3, 0.4) is 0 Å². The lowest BCUT2D eigenvalue weighted by molar-refractivity contribution is 0.590. The molecular weight excluding hydrogens is 310 g/mol. The molecule has 0 saturated carbocycles. The molecule has 0 saturated heterocycles. The molecule has 0 fully saturated rings. The summed E-state index contributed by atoms with van der Waals surface area (Å²) in [5.41, 5.74) is 4.64. The first-order chi connectivity index (χ1) is 10.4. The Kier molecular flexibility index (Phi) is 4.07. The lowest BCUT2D eigenvalue weighted by atomic mass is 9.86. The van der Waals surface area contributed by atoms with E-state index in [-0.39, 0.29) is 5.41 Å². The van der Waals surface area contributed by atoms with Crippen molar-refractivity contribution in [2.45, 2.75) is 26.2 Å². The quantitative estimate of drug-likeness (QED) is 0.528. The number of halogens is 1. The monoisotopic (exact) mass is 327 g/mol. The van der Waals surface area contributed by atoms with Crippen molar-refractivity contribution < 1.29 is 0 Å². The van der Waals surface area contributed by atoms with Gasteiger partial charge in [0, 0.05) is 16.5 Å². The second-order valence-corrected chi connectivity index (χ2v) is 7.61. The Morgan fingerprint density at radius 3 is 2.27 bits per heavy atom. The first-order valence-corrected chi connectivity index (χ1v) is 8.52. The van der Waals surface area contributed by atoms with Crippen LogP contribution in [0.5, 0.6) is 0 Å². The van der Waals surface area contributed by atoms with Gasteiger partial charge in [-0.1, -0.05) is 74.8 Å². The Morgan fingerprint density at radius 1 is 0.955 bits per heavy atom. The van der Waals surface area contributed by atoms with Gasteiger partial charge in [0.05, 0.1) is 10.7 Å². The fourth-order valence-electron chi connectivity index (χ4n) is 2.31. The molecule has 3 heteroatoms. The lowest BCUT2D eigenvalue weighted by Crippen LogP contribution is -2.10. The van der Waals surface area contributed by atoms with Crippen LogP contribution in [0, 0.1) is 0 Å². The van der Waals surface area contributed by atoms with Crippen LogP contribution in [0.2, 0.25) is 5.02 Å². The molecule has 1 heterocycles. The molecule has 22 heavy (non-hydrogen) atoms. The highest BCUT2D eigenvalue weighted by Gasteiger charge is 2.14. The molecule has 0 aliphatic heterocycles. The first-order valence-electron chi connectivity index (χ1n) is 7.26. The minimum Gasteiger partial charge on any atom is -0.236 e. The highest BCUT2D eigenvalue weighted by Crippen LogP contribution is 2.33. The number of nitrogens with zero attached hydrogens (tertiary/aromatic N) is 1. The molecule has 0 aliphatic rings. The molecule has 0 bridgehead atoms. The van der Waals surface area contributed by atoms with Gasteiger partial charge in [0.25, 0.3) is 0 Å². The molecular formula is C19H18ClNS. The van der Waals surface area contributed by atoms with Gasteiger partial charge in [0.1, 0.15) is 5.01 Å². The maximum Gasteiger partial charge on any atom is 0.125 e. The summed E-state index contributed by atoms with van der Waals surface area (Å²) in [5, 5.41) is 3.79. The molecule has 0 spiro atoms. The van der Waals surface area contributed by atoms with Crippen LogP contribution in [0.25, 0.3) is 21.8 Å². The van der Waals surface area contributed by atoms with E-state index in [0.29, 0.717) is 0 Å². The maximum absolute atomic E-state index is 6.25. The van der Waals surface area contributed by atoms with Crippen LogP contribution >= 0.6 is 22.9 Å². The smallest absolute Gasteiger partial charge is 0.125 e. The van der Waals surface area contributed by atoms with Crippen molar-refractivity contribution >= 4 is 22.9 Å². The van der Waals surface area contributed by atoms with Gasteiger partial charge in [-0.15, -0.1) is 11.3 Å². The van der Waals surface area contributed by atoms with Crippen molar-refractivity contribution in [3.63, 3.8) is 0 Å². The van der Waals surface area contributed by atoms with Crippen LogP contribution in [-0.2, 0) is 5.41 Å². The van der Waals surface area contributed by atoms with E-state index in [2.05, 4.69) is 50.4 Å². The predicted molar refractivity (Wildman–Crippen MR) is 96.7 cm³/mol. The van der Waals surface area contributed by atoms with Crippen molar-refractivity contribution in [1.82, 2.24) is 4.98 Å². The Balaban J connectivity index is 1.93. The van der Waals surface area contributed by atoms with E-state index in [9.17, 15) is 0 Å². The average Bonchev–Trinajstić information content (AvgIpc) is 2.96. The van der Waals surface area contributed by atoms with Gasteiger partial charge in [-0.3, -0.25) is 0 Å². The number of thiazole rings is 1. The van der Waals surface area contributed by atoms with Crippen molar-refractivity contribution in [1.29, 1.82) is 0 Å². The molecule has 1 aromatic heterocycles. The zero-order valence-corrected chi connectivity index (χ0v) is 14.5. The van der Waals surface area contributed by atoms with Crippen molar-refractivity contribution in [2.75, 3.05) is 0 Å². The SMILES string of the molecule is CC(C)(C)c1ccc(-c2csc(-c3ccccc3Cl)n2)cc1. The van der Waals surface area contributed by atoms with Gasteiger partial charge < -0.3 is 0 Å². The summed E-state index contributed by atoms with van der Waals surface area (Å²) in [6.07, 6.45) is 0. The fourth-order valence-corrected chi connectivity index (χ4v) is 3.46. The average molecular weight is 328 g/mol. The third kappa shape index (κ3) is 3.08. The van der Waals surface area contributed by atoms with E-state index in [0.717, 1.165) is 26.9 Å². The second kappa shape index (κ2) is 5.86. The summed E-state index contributed by atoms with van der Waals surface area (Å²) in [7, 11) is 0. The van der Waals surface area contributed by atoms with Crippen LogP contribution < -0.4 is 0 Å². The number of rotatable bonds is 2. The molecule has 3 rings (SSSR count). The molecule has 0 radical (unpaired) electrons. The highest BCUT2D eigenvalue weighted by atomic mass is 35.5. The third-order valence-corrected chi connectivity index (χ3v) is 4.86. The zero-order chi connectivity index (χ0) is 15.7. The number of hydrogen-bond donors (Lipinski definition) is 0. The summed E-state index contributed by atoms with van der Waals surface area (Å²) in [4.78, 5) is 4.74. The first kappa shape index (κ1) is 15.3. The number of aromatic nitrogens is 1. The van der Waals surface area contributed by atoms with Gasteiger partial charge >= 0.3 is 0 Å². The second-order valence-electron chi connectivity index (χ2n) is 6.35. The summed E-state index contributed by atoms with van der Waals surface area (Å²) < 4.78 is 0. The summed E-state index contributed by atoms with van der Waals surface area (Å²) in [6, 6.07) is 16.5. The van der Waals surface area contributed by atoms with E-state index in [1.165, 1.54) is 5.56 Å². The topological polar surface area (TPSA) is 12.9 Å². The van der Waals surface area contributed by atoms with Gasteiger partial charge in [0.15, 0.2) is 0 Å². The Bertz CT molecular complexity index is 782. The predicted octanol–water partition coefficient (Wildman–Crippen LogP) is 6.43. The standard InChI is InChI=1S/C19H18ClNS/c1-19(2,3)14-10-8-13(9-11-14)17-12-22-18(21-17)15-6-4-5-7-16(15)20/h4-12H,1-3H3. The van der Waals surface area contributed by atoms with Gasteiger partial charge in [-0.2, -0.15) is 0 Å². The molecule has 1 nitrogen and oxygen atoms in total. The van der Waals surface area contributed by atoms with Crippen LogP contribution in [0.15, 0.2) is 53.9 Å². The molecule has 2 aromatic carbocycles. The Hall–Kier alpha value is -1.64. The van der Waals surface area contributed by atoms with E-state index < -0.39 is 0 Å².